The van der Waals surface area contributed by atoms with Crippen LogP contribution in [-0.4, -0.2) is 13.5 Å². The molecule has 0 saturated heterocycles. The maximum atomic E-state index is 9.97. The molecule has 0 aromatic heterocycles. The number of nitrogens with one attached hydrogen (secondary N) is 2. The van der Waals surface area contributed by atoms with E-state index in [1.807, 2.05) is 80.7 Å². The molecule has 0 unspecified atom stereocenters. The lowest BCUT2D eigenvalue weighted by Crippen LogP contribution is -2.02. The lowest BCUT2D eigenvalue weighted by Gasteiger charge is -2.05. The predicted molar refractivity (Wildman–Crippen MR) is 107 cm³/mol. The number of carbonyl (C=O) groups is 1. The molecule has 1 aliphatic carbocycles. The summed E-state index contributed by atoms with van der Waals surface area (Å²) in [7, 11) is 1.92. The number of anilines is 1. The number of amides is 1. The van der Waals surface area contributed by atoms with Gasteiger partial charge in [-0.3, -0.25) is 4.79 Å². The Hall–Kier alpha value is -3.27. The Balaban J connectivity index is 0.000000209. The number of hydrogen-bond donors (Lipinski definition) is 2. The summed E-state index contributed by atoms with van der Waals surface area (Å²) in [5, 5.41) is 5.68. The number of aryl methyl sites for hydroxylation is 1. The van der Waals surface area contributed by atoms with Gasteiger partial charge in [-0.15, -0.1) is 0 Å². The molecule has 2 aromatic carbocycles. The number of rotatable bonds is 5. The van der Waals surface area contributed by atoms with Gasteiger partial charge >= 0.3 is 0 Å². The number of carbonyl (C=O) groups excluding carboxylic acids is 1. The van der Waals surface area contributed by atoms with Crippen LogP contribution in [0.1, 0.15) is 12.0 Å². The highest BCUT2D eigenvalue weighted by Gasteiger charge is 1.99. The molecule has 0 radical (unpaired) electrons. The van der Waals surface area contributed by atoms with E-state index in [-0.39, 0.29) is 0 Å². The van der Waals surface area contributed by atoms with E-state index in [2.05, 4.69) is 22.8 Å². The van der Waals surface area contributed by atoms with Crippen LogP contribution in [0.3, 0.4) is 0 Å². The van der Waals surface area contributed by atoms with Gasteiger partial charge in [0.1, 0.15) is 11.5 Å². The van der Waals surface area contributed by atoms with Crippen LogP contribution in [0.15, 0.2) is 90.4 Å². The first-order valence-electron chi connectivity index (χ1n) is 8.47. The summed E-state index contributed by atoms with van der Waals surface area (Å²) in [5.41, 5.74) is 3.10. The van der Waals surface area contributed by atoms with Gasteiger partial charge in [0.05, 0.1) is 0 Å². The average Bonchev–Trinajstić information content (AvgIpc) is 2.89. The summed E-state index contributed by atoms with van der Waals surface area (Å²) in [6.45, 7) is 1.98. The first-order chi connectivity index (χ1) is 12.7. The van der Waals surface area contributed by atoms with Gasteiger partial charge in [-0.05, 0) is 61.4 Å². The molecule has 0 aliphatic heterocycles. The van der Waals surface area contributed by atoms with Crippen LogP contribution in [-0.2, 0) is 4.79 Å². The highest BCUT2D eigenvalue weighted by Crippen LogP contribution is 2.16. The van der Waals surface area contributed by atoms with Crippen LogP contribution < -0.4 is 15.4 Å². The molecule has 4 nitrogen and oxygen atoms in total. The minimum Gasteiger partial charge on any atom is -0.458 e. The molecule has 2 N–H and O–H groups in total. The second kappa shape index (κ2) is 10.6. The van der Waals surface area contributed by atoms with E-state index >= 15 is 0 Å². The second-order valence-corrected chi connectivity index (χ2v) is 5.63. The number of allylic oxidation sites excluding steroid dienone is 4. The summed E-state index contributed by atoms with van der Waals surface area (Å²) >= 11 is 0. The van der Waals surface area contributed by atoms with Crippen LogP contribution in [0.5, 0.6) is 5.75 Å². The fourth-order valence-corrected chi connectivity index (χ4v) is 2.30. The summed E-state index contributed by atoms with van der Waals surface area (Å²) in [6, 6.07) is 17.5. The van der Waals surface area contributed by atoms with Gasteiger partial charge in [0.15, 0.2) is 0 Å². The molecule has 0 spiro atoms. The normalized spacial score (nSPS) is 12.5. The monoisotopic (exact) mass is 348 g/mol. The largest absolute Gasteiger partial charge is 0.458 e. The van der Waals surface area contributed by atoms with E-state index in [0.29, 0.717) is 6.41 Å². The molecule has 4 heteroatoms. The molecule has 134 valence electrons. The van der Waals surface area contributed by atoms with E-state index in [0.717, 1.165) is 34.9 Å². The van der Waals surface area contributed by atoms with Gasteiger partial charge < -0.3 is 15.4 Å². The molecule has 1 amide bonds. The molecule has 2 aromatic rings. The van der Waals surface area contributed by atoms with Crippen molar-refractivity contribution in [3.05, 3.63) is 95.9 Å². The van der Waals surface area contributed by atoms with Gasteiger partial charge in [-0.25, -0.2) is 0 Å². The number of para-hydroxylation sites is 1. The maximum absolute atomic E-state index is 9.97. The Labute approximate surface area is 154 Å². The van der Waals surface area contributed by atoms with Crippen molar-refractivity contribution in [3.63, 3.8) is 0 Å². The van der Waals surface area contributed by atoms with Crippen molar-refractivity contribution >= 4 is 12.1 Å². The van der Waals surface area contributed by atoms with Crippen molar-refractivity contribution in [3.8, 4) is 5.75 Å². The lowest BCUT2D eigenvalue weighted by atomic mass is 10.2. The van der Waals surface area contributed by atoms with Crippen molar-refractivity contribution in [2.75, 3.05) is 12.4 Å². The molecular formula is C22H24N2O2. The fourth-order valence-electron chi connectivity index (χ4n) is 2.30. The van der Waals surface area contributed by atoms with Crippen LogP contribution in [0.4, 0.5) is 5.69 Å². The van der Waals surface area contributed by atoms with Gasteiger partial charge in [-0.2, -0.15) is 0 Å². The third-order valence-corrected chi connectivity index (χ3v) is 3.60. The molecule has 0 atom stereocenters. The predicted octanol–water partition coefficient (Wildman–Crippen LogP) is 4.58. The fraction of sp³-hybridized carbons (Fsp3) is 0.136. The van der Waals surface area contributed by atoms with E-state index in [4.69, 9.17) is 4.74 Å². The van der Waals surface area contributed by atoms with Crippen molar-refractivity contribution in [1.29, 1.82) is 0 Å². The zero-order chi connectivity index (χ0) is 18.6. The first-order valence-corrected chi connectivity index (χ1v) is 8.47. The van der Waals surface area contributed by atoms with E-state index in [1.165, 1.54) is 0 Å². The number of benzene rings is 2. The highest BCUT2D eigenvalue weighted by molar-refractivity contribution is 5.71. The quantitative estimate of drug-likeness (QED) is 0.778. The van der Waals surface area contributed by atoms with Gasteiger partial charge in [0.25, 0.3) is 0 Å². The Kier molecular flexibility index (Phi) is 7.74. The second-order valence-electron chi connectivity index (χ2n) is 5.63. The maximum Gasteiger partial charge on any atom is 0.211 e. The van der Waals surface area contributed by atoms with Crippen LogP contribution in [0, 0.1) is 6.92 Å². The minimum atomic E-state index is 0.675. The molecule has 1 aliphatic rings. The molecule has 0 bridgehead atoms. The molecular weight excluding hydrogens is 324 g/mol. The highest BCUT2D eigenvalue weighted by atomic mass is 16.5. The summed E-state index contributed by atoms with van der Waals surface area (Å²) in [5.74, 6) is 1.75. The van der Waals surface area contributed by atoms with E-state index in [1.54, 1.807) is 0 Å². The molecule has 0 saturated carbocycles. The SMILES string of the molecule is CNC1=CCC=C(Oc2ccccc2)C=C1.Cc1cccc(NC=O)c1. The third kappa shape index (κ3) is 6.69. The lowest BCUT2D eigenvalue weighted by molar-refractivity contribution is -0.105. The van der Waals surface area contributed by atoms with Crippen molar-refractivity contribution in [2.45, 2.75) is 13.3 Å². The standard InChI is InChI=1S/C14H15NO.C8H9NO/c1-15-12-6-5-9-14(11-10-12)16-13-7-3-2-4-8-13;1-7-3-2-4-8(5-7)9-6-10/h2-4,6-11,15H,5H2,1H3;2-6H,1H3,(H,9,10). The van der Waals surface area contributed by atoms with Crippen molar-refractivity contribution in [1.82, 2.24) is 5.32 Å². The topological polar surface area (TPSA) is 50.4 Å². The van der Waals surface area contributed by atoms with Gasteiger partial charge in [0, 0.05) is 18.4 Å². The average molecular weight is 348 g/mol. The van der Waals surface area contributed by atoms with Crippen LogP contribution in [0.25, 0.3) is 0 Å². The molecule has 26 heavy (non-hydrogen) atoms. The zero-order valence-corrected chi connectivity index (χ0v) is 15.1. The molecule has 0 fully saturated rings. The smallest absolute Gasteiger partial charge is 0.211 e. The van der Waals surface area contributed by atoms with Gasteiger partial charge in [-0.1, -0.05) is 36.4 Å². The van der Waals surface area contributed by atoms with Gasteiger partial charge in [0.2, 0.25) is 6.41 Å². The molecule has 3 rings (SSSR count). The Morgan fingerprint density at radius 3 is 2.50 bits per heavy atom. The van der Waals surface area contributed by atoms with Crippen LogP contribution in [0.2, 0.25) is 0 Å². The molecule has 0 heterocycles. The minimum absolute atomic E-state index is 0.675. The van der Waals surface area contributed by atoms with Crippen LogP contribution >= 0.6 is 0 Å². The van der Waals surface area contributed by atoms with E-state index in [9.17, 15) is 4.79 Å². The number of ether oxygens (including phenoxy) is 1. The Morgan fingerprint density at radius 1 is 1.00 bits per heavy atom. The van der Waals surface area contributed by atoms with Crippen molar-refractivity contribution in [2.24, 2.45) is 0 Å². The Bertz CT molecular complexity index is 793. The number of likely N-dealkylation sites (N-methyl/N-ethyl adjacent to an activating group) is 1. The third-order valence-electron chi connectivity index (χ3n) is 3.60. The van der Waals surface area contributed by atoms with Crippen molar-refractivity contribution < 1.29 is 9.53 Å². The first kappa shape index (κ1) is 19.1. The number of hydrogen-bond acceptors (Lipinski definition) is 3. The summed E-state index contributed by atoms with van der Waals surface area (Å²) < 4.78 is 5.74. The zero-order valence-electron chi connectivity index (χ0n) is 15.1. The Morgan fingerprint density at radius 2 is 1.81 bits per heavy atom. The summed E-state index contributed by atoms with van der Waals surface area (Å²) in [6.07, 6.45) is 9.73. The summed E-state index contributed by atoms with van der Waals surface area (Å²) in [4.78, 5) is 9.97. The van der Waals surface area contributed by atoms with E-state index < -0.39 is 0 Å².